The van der Waals surface area contributed by atoms with Crippen LogP contribution in [0.5, 0.6) is 0 Å². The molecular formula is C28H35FN4O5S. The summed E-state index contributed by atoms with van der Waals surface area (Å²) in [5, 5.41) is 9.48. The second kappa shape index (κ2) is 12.7. The molecule has 0 aliphatic carbocycles. The zero-order chi connectivity index (χ0) is 28.1. The van der Waals surface area contributed by atoms with Gasteiger partial charge >= 0.3 is 18.1 Å². The van der Waals surface area contributed by atoms with Crippen molar-refractivity contribution < 1.29 is 28.6 Å². The van der Waals surface area contributed by atoms with E-state index in [0.717, 1.165) is 23.1 Å². The van der Waals surface area contributed by atoms with Crippen molar-refractivity contribution >= 4 is 35.5 Å². The van der Waals surface area contributed by atoms with E-state index >= 15 is 0 Å². The highest BCUT2D eigenvalue weighted by molar-refractivity contribution is 7.99. The maximum Gasteiger partial charge on any atom is 0.407 e. The van der Waals surface area contributed by atoms with Crippen LogP contribution in [0.2, 0.25) is 0 Å². The molecule has 0 spiro atoms. The van der Waals surface area contributed by atoms with E-state index in [0.29, 0.717) is 44.0 Å². The Kier molecular flexibility index (Phi) is 9.34. The highest BCUT2D eigenvalue weighted by Crippen LogP contribution is 2.25. The lowest BCUT2D eigenvalue weighted by molar-refractivity contribution is 0.0381. The molecule has 2 aromatic carbocycles. The molecule has 0 saturated carbocycles. The normalized spacial score (nSPS) is 20.0. The van der Waals surface area contributed by atoms with E-state index in [-0.39, 0.29) is 30.2 Å². The molecule has 1 N–H and O–H groups in total. The summed E-state index contributed by atoms with van der Waals surface area (Å²) < 4.78 is 19.7. The smallest absolute Gasteiger partial charge is 0.407 e. The molecule has 3 amide bonds. The van der Waals surface area contributed by atoms with Gasteiger partial charge in [-0.15, -0.1) is 0 Å². The Morgan fingerprint density at radius 2 is 1.69 bits per heavy atom. The molecule has 2 saturated heterocycles. The molecule has 210 valence electrons. The highest BCUT2D eigenvalue weighted by Gasteiger charge is 2.32. The van der Waals surface area contributed by atoms with Gasteiger partial charge in [-0.05, 0) is 43.7 Å². The maximum atomic E-state index is 15.0. The Balaban J connectivity index is 1.52. The first-order chi connectivity index (χ1) is 18.7. The SMILES string of the molecule is COC(=O)c1ccc(CN(C(=O)N2CCSCC2)c2ccc(CN3C[C@@H](C)N(C(=O)O)[C@@H](C)C3)cc2)c(F)c1. The topological polar surface area (TPSA) is 93.6 Å². The molecule has 2 fully saturated rings. The summed E-state index contributed by atoms with van der Waals surface area (Å²) in [6.07, 6.45) is -0.896. The second-order valence-corrected chi connectivity index (χ2v) is 11.2. The van der Waals surface area contributed by atoms with Crippen molar-refractivity contribution in [1.82, 2.24) is 14.7 Å². The number of hydrogen-bond acceptors (Lipinski definition) is 6. The van der Waals surface area contributed by atoms with Gasteiger partial charge in [-0.2, -0.15) is 11.8 Å². The van der Waals surface area contributed by atoms with Crippen LogP contribution in [-0.2, 0) is 17.8 Å². The summed E-state index contributed by atoms with van der Waals surface area (Å²) >= 11 is 1.80. The van der Waals surface area contributed by atoms with Crippen LogP contribution in [0, 0.1) is 5.82 Å². The summed E-state index contributed by atoms with van der Waals surface area (Å²) in [5.41, 5.74) is 2.10. The number of hydrogen-bond donors (Lipinski definition) is 1. The second-order valence-electron chi connectivity index (χ2n) is 10.0. The summed E-state index contributed by atoms with van der Waals surface area (Å²) in [4.78, 5) is 44.0. The van der Waals surface area contributed by atoms with Crippen molar-refractivity contribution in [1.29, 1.82) is 0 Å². The molecule has 11 heteroatoms. The minimum Gasteiger partial charge on any atom is -0.465 e. The number of nitrogens with zero attached hydrogens (tertiary/aromatic N) is 4. The number of methoxy groups -OCH3 is 1. The Morgan fingerprint density at radius 3 is 2.26 bits per heavy atom. The number of piperazine rings is 1. The number of carbonyl (C=O) groups is 3. The van der Waals surface area contributed by atoms with E-state index < -0.39 is 17.9 Å². The summed E-state index contributed by atoms with van der Waals surface area (Å²) in [6.45, 7) is 7.03. The molecule has 2 aromatic rings. The Morgan fingerprint density at radius 1 is 1.05 bits per heavy atom. The van der Waals surface area contributed by atoms with Crippen molar-refractivity contribution in [3.63, 3.8) is 0 Å². The van der Waals surface area contributed by atoms with Gasteiger partial charge in [-0.3, -0.25) is 9.80 Å². The number of carbonyl (C=O) groups excluding carboxylic acids is 2. The fraction of sp³-hybridized carbons (Fsp3) is 0.464. The molecule has 2 aliphatic rings. The highest BCUT2D eigenvalue weighted by atomic mass is 32.2. The molecule has 39 heavy (non-hydrogen) atoms. The van der Waals surface area contributed by atoms with Crippen LogP contribution >= 0.6 is 11.8 Å². The summed E-state index contributed by atoms with van der Waals surface area (Å²) in [6, 6.07) is 11.4. The van der Waals surface area contributed by atoms with Gasteiger partial charge in [0.2, 0.25) is 0 Å². The lowest BCUT2D eigenvalue weighted by Gasteiger charge is -2.43. The monoisotopic (exact) mass is 558 g/mol. The first-order valence-corrected chi connectivity index (χ1v) is 14.2. The van der Waals surface area contributed by atoms with Crippen molar-refractivity contribution in [3.8, 4) is 0 Å². The van der Waals surface area contributed by atoms with Crippen molar-refractivity contribution in [2.24, 2.45) is 0 Å². The standard InChI is InChI=1S/C28H35FN4O5S/c1-19-15-30(16-20(2)33(19)28(36)37)17-21-4-8-24(9-5-21)32(27(35)31-10-12-39-13-11-31)18-23-7-6-22(14-25(23)29)26(34)38-3/h4-9,14,19-20H,10-13,15-18H2,1-3H3,(H,36,37)/t19-,20+. The zero-order valence-electron chi connectivity index (χ0n) is 22.5. The number of benzene rings is 2. The molecule has 0 radical (unpaired) electrons. The van der Waals surface area contributed by atoms with Gasteiger partial charge in [-0.1, -0.05) is 18.2 Å². The minimum atomic E-state index is -0.896. The lowest BCUT2D eigenvalue weighted by Crippen LogP contribution is -2.57. The maximum absolute atomic E-state index is 15.0. The zero-order valence-corrected chi connectivity index (χ0v) is 23.3. The largest absolute Gasteiger partial charge is 0.465 e. The Labute approximate surface area is 232 Å². The van der Waals surface area contributed by atoms with E-state index in [1.54, 1.807) is 21.6 Å². The molecule has 0 unspecified atom stereocenters. The van der Waals surface area contributed by atoms with E-state index in [1.165, 1.54) is 24.1 Å². The Hall–Kier alpha value is -3.31. The van der Waals surface area contributed by atoms with Crippen LogP contribution < -0.4 is 4.90 Å². The van der Waals surface area contributed by atoms with Gasteiger partial charge < -0.3 is 19.6 Å². The number of ether oxygens (including phenoxy) is 1. The predicted octanol–water partition coefficient (Wildman–Crippen LogP) is 4.36. The summed E-state index contributed by atoms with van der Waals surface area (Å²) in [5.74, 6) is 0.507. The fourth-order valence-corrected chi connectivity index (χ4v) is 6.17. The van der Waals surface area contributed by atoms with Crippen LogP contribution in [-0.4, -0.2) is 94.8 Å². The van der Waals surface area contributed by atoms with Crippen LogP contribution in [0.4, 0.5) is 19.7 Å². The molecule has 2 atom stereocenters. The Bertz CT molecular complexity index is 1180. The number of rotatable bonds is 6. The average molecular weight is 559 g/mol. The van der Waals surface area contributed by atoms with Crippen LogP contribution in [0.15, 0.2) is 42.5 Å². The number of amides is 3. The average Bonchev–Trinajstić information content (AvgIpc) is 2.92. The van der Waals surface area contributed by atoms with E-state index in [4.69, 9.17) is 0 Å². The van der Waals surface area contributed by atoms with Crippen LogP contribution in [0.3, 0.4) is 0 Å². The third-order valence-electron chi connectivity index (χ3n) is 7.18. The van der Waals surface area contributed by atoms with Crippen molar-refractivity contribution in [2.45, 2.75) is 39.0 Å². The van der Waals surface area contributed by atoms with Crippen molar-refractivity contribution in [2.75, 3.05) is 49.7 Å². The molecule has 4 rings (SSSR count). The first-order valence-electron chi connectivity index (χ1n) is 13.0. The van der Waals surface area contributed by atoms with Gasteiger partial charge in [0.15, 0.2) is 0 Å². The van der Waals surface area contributed by atoms with E-state index in [2.05, 4.69) is 9.64 Å². The van der Waals surface area contributed by atoms with Crippen molar-refractivity contribution in [3.05, 3.63) is 65.0 Å². The molecular weight excluding hydrogens is 523 g/mol. The third kappa shape index (κ3) is 6.83. The van der Waals surface area contributed by atoms with Crippen LogP contribution in [0.25, 0.3) is 0 Å². The van der Waals surface area contributed by atoms with Gasteiger partial charge in [0.1, 0.15) is 5.82 Å². The summed E-state index contributed by atoms with van der Waals surface area (Å²) in [7, 11) is 1.24. The third-order valence-corrected chi connectivity index (χ3v) is 8.13. The number of esters is 1. The first kappa shape index (κ1) is 28.7. The van der Waals surface area contributed by atoms with Gasteiger partial charge in [0.25, 0.3) is 0 Å². The lowest BCUT2D eigenvalue weighted by atomic mass is 10.1. The predicted molar refractivity (Wildman–Crippen MR) is 149 cm³/mol. The van der Waals surface area contributed by atoms with Gasteiger partial charge in [0.05, 0.1) is 19.2 Å². The quantitative estimate of drug-likeness (QED) is 0.527. The van der Waals surface area contributed by atoms with Crippen LogP contribution in [0.1, 0.15) is 35.3 Å². The molecule has 0 bridgehead atoms. The number of carboxylic acid groups (broad SMARTS) is 1. The molecule has 2 aliphatic heterocycles. The molecule has 0 aromatic heterocycles. The number of halogens is 1. The number of urea groups is 1. The van der Waals surface area contributed by atoms with E-state index in [1.807, 2.05) is 38.1 Å². The molecule has 9 nitrogen and oxygen atoms in total. The number of anilines is 1. The van der Waals surface area contributed by atoms with E-state index in [9.17, 15) is 23.9 Å². The van der Waals surface area contributed by atoms with Gasteiger partial charge in [-0.25, -0.2) is 18.8 Å². The molecule has 2 heterocycles. The minimum absolute atomic E-state index is 0.0152. The number of thioether (sulfide) groups is 1. The fourth-order valence-electron chi connectivity index (χ4n) is 5.26. The van der Waals surface area contributed by atoms with Gasteiger partial charge in [0, 0.05) is 67.6 Å².